The fourth-order valence-electron chi connectivity index (χ4n) is 2.31. The van der Waals surface area contributed by atoms with Crippen LogP contribution in [0.2, 0.25) is 0 Å². The topological polar surface area (TPSA) is 27.7 Å². The van der Waals surface area contributed by atoms with E-state index in [1.54, 1.807) is 0 Å². The van der Waals surface area contributed by atoms with Crippen LogP contribution >= 0.6 is 0 Å². The van der Waals surface area contributed by atoms with Crippen molar-refractivity contribution in [2.24, 2.45) is 0 Å². The largest absolute Gasteiger partial charge is 0.543 e. The molecular formula is C14H16F16O3Si. The number of hydrogen-bond acceptors (Lipinski definition) is 3. The minimum Gasteiger partial charge on any atom is -0.372 e. The summed E-state index contributed by atoms with van der Waals surface area (Å²) in [6.45, 7) is 0.00609. The number of alkyl halides is 16. The fraction of sp³-hybridized carbons (Fsp3) is 1.00. The molecule has 0 spiro atoms. The van der Waals surface area contributed by atoms with E-state index in [4.69, 9.17) is 0 Å². The predicted molar refractivity (Wildman–Crippen MR) is 81.3 cm³/mol. The molecule has 0 fully saturated rings. The summed E-state index contributed by atoms with van der Waals surface area (Å²) < 4.78 is 227. The Kier molecular flexibility index (Phi) is 9.50. The van der Waals surface area contributed by atoms with Crippen molar-refractivity contribution in [2.75, 3.05) is 19.8 Å². The van der Waals surface area contributed by atoms with Crippen molar-refractivity contribution >= 4 is 8.80 Å². The SMILES string of the molecule is CCO[Si](OCC)(OCC)C(F)C(F)(F)C(F)(F)C(F)(F)C(F)(F)C(F)(F)C(F)(F)C(F)(F)F. The molecule has 0 bridgehead atoms. The van der Waals surface area contributed by atoms with Crippen molar-refractivity contribution in [1.82, 2.24) is 0 Å². The van der Waals surface area contributed by atoms with Gasteiger partial charge in [-0.15, -0.1) is 0 Å². The van der Waals surface area contributed by atoms with Gasteiger partial charge in [0.1, 0.15) is 0 Å². The number of rotatable bonds is 13. The summed E-state index contributed by atoms with van der Waals surface area (Å²) in [5.74, 6) is -53.6. The van der Waals surface area contributed by atoms with Gasteiger partial charge < -0.3 is 13.3 Å². The van der Waals surface area contributed by atoms with E-state index in [0.29, 0.717) is 0 Å². The predicted octanol–water partition coefficient (Wildman–Crippen LogP) is 6.29. The summed E-state index contributed by atoms with van der Waals surface area (Å²) in [5, 5.41) is 0. The number of hydrogen-bond donors (Lipinski definition) is 0. The molecular weight excluding hydrogens is 548 g/mol. The van der Waals surface area contributed by atoms with Crippen molar-refractivity contribution in [2.45, 2.75) is 68.3 Å². The standard InChI is InChI=1S/C14H16F16O3Si/c1-4-31-34(32-5-2,33-6-3)7(15)8(16,17)9(18,19)10(20,21)11(22,23)12(24,25)13(26,27)14(28,29)30/h7H,4-6H2,1-3H3. The molecule has 0 radical (unpaired) electrons. The van der Waals surface area contributed by atoms with Crippen LogP contribution < -0.4 is 0 Å². The molecule has 206 valence electrons. The first-order chi connectivity index (χ1) is 14.8. The second-order valence-corrected chi connectivity index (χ2v) is 8.84. The maximum Gasteiger partial charge on any atom is 0.543 e. The van der Waals surface area contributed by atoms with Crippen LogP contribution in [0.3, 0.4) is 0 Å². The van der Waals surface area contributed by atoms with E-state index < -0.39 is 76.1 Å². The third-order valence-electron chi connectivity index (χ3n) is 4.02. The maximum absolute atomic E-state index is 14.6. The molecule has 0 aliphatic heterocycles. The lowest BCUT2D eigenvalue weighted by atomic mass is 9.91. The van der Waals surface area contributed by atoms with Crippen LogP contribution in [0.5, 0.6) is 0 Å². The summed E-state index contributed by atoms with van der Waals surface area (Å²) in [6, 6.07) is 0. The van der Waals surface area contributed by atoms with Crippen molar-refractivity contribution in [1.29, 1.82) is 0 Å². The van der Waals surface area contributed by atoms with Gasteiger partial charge in [-0.05, 0) is 20.8 Å². The monoisotopic (exact) mass is 564 g/mol. The zero-order valence-electron chi connectivity index (χ0n) is 17.0. The second-order valence-electron chi connectivity index (χ2n) is 6.26. The molecule has 0 rings (SSSR count). The molecule has 0 saturated carbocycles. The van der Waals surface area contributed by atoms with Crippen LogP contribution in [0.15, 0.2) is 0 Å². The van der Waals surface area contributed by atoms with E-state index in [0.717, 1.165) is 20.8 Å². The molecule has 34 heavy (non-hydrogen) atoms. The highest BCUT2D eigenvalue weighted by Crippen LogP contribution is 2.63. The summed E-state index contributed by atoms with van der Waals surface area (Å²) in [4.78, 5) is 0. The molecule has 0 N–H and O–H groups in total. The van der Waals surface area contributed by atoms with Gasteiger partial charge in [0, 0.05) is 19.8 Å². The smallest absolute Gasteiger partial charge is 0.372 e. The lowest BCUT2D eigenvalue weighted by Gasteiger charge is -2.43. The van der Waals surface area contributed by atoms with Gasteiger partial charge in [-0.2, -0.15) is 65.9 Å². The Balaban J connectivity index is 6.86. The summed E-state index contributed by atoms with van der Waals surface area (Å²) >= 11 is 0. The van der Waals surface area contributed by atoms with Crippen LogP contribution in [0, 0.1) is 0 Å². The Bertz CT molecular complexity index is 663. The molecule has 1 atom stereocenters. The fourth-order valence-corrected chi connectivity index (χ4v) is 4.83. The molecule has 0 aromatic carbocycles. The maximum atomic E-state index is 14.6. The van der Waals surface area contributed by atoms with Crippen LogP contribution in [0.4, 0.5) is 70.2 Å². The van der Waals surface area contributed by atoms with Crippen molar-refractivity contribution < 1.29 is 83.5 Å². The molecule has 3 nitrogen and oxygen atoms in total. The van der Waals surface area contributed by atoms with Gasteiger partial charge >= 0.3 is 50.5 Å². The number of halogens is 16. The minimum absolute atomic E-state index is 0.892. The van der Waals surface area contributed by atoms with Crippen LogP contribution in [0.25, 0.3) is 0 Å². The van der Waals surface area contributed by atoms with Crippen LogP contribution in [-0.2, 0) is 13.3 Å². The van der Waals surface area contributed by atoms with E-state index in [-0.39, 0.29) is 0 Å². The Morgan fingerprint density at radius 2 is 0.765 bits per heavy atom. The van der Waals surface area contributed by atoms with E-state index in [1.807, 2.05) is 0 Å². The molecule has 20 heteroatoms. The van der Waals surface area contributed by atoms with Gasteiger partial charge in [-0.3, -0.25) is 0 Å². The van der Waals surface area contributed by atoms with Crippen molar-refractivity contribution in [3.8, 4) is 0 Å². The highest BCUT2D eigenvalue weighted by molar-refractivity contribution is 6.62. The van der Waals surface area contributed by atoms with E-state index in [9.17, 15) is 70.2 Å². The van der Waals surface area contributed by atoms with Gasteiger partial charge in [0.05, 0.1) is 0 Å². The Hall–Kier alpha value is -1.02. The first-order valence-corrected chi connectivity index (χ1v) is 10.5. The van der Waals surface area contributed by atoms with Crippen LogP contribution in [-0.4, -0.2) is 76.1 Å². The molecule has 0 aromatic rings. The van der Waals surface area contributed by atoms with Crippen LogP contribution in [0.1, 0.15) is 20.8 Å². The summed E-state index contributed by atoms with van der Waals surface area (Å²) in [5.41, 5.74) is 0. The quantitative estimate of drug-likeness (QED) is 0.195. The Labute approximate surface area is 181 Å². The molecule has 0 aliphatic carbocycles. The van der Waals surface area contributed by atoms with Gasteiger partial charge in [0.15, 0.2) is 0 Å². The normalized spacial score (nSPS) is 16.7. The lowest BCUT2D eigenvalue weighted by molar-refractivity contribution is -0.454. The Morgan fingerprint density at radius 3 is 1.03 bits per heavy atom. The molecule has 0 aliphatic rings. The van der Waals surface area contributed by atoms with E-state index in [2.05, 4.69) is 13.3 Å². The van der Waals surface area contributed by atoms with Gasteiger partial charge in [0.25, 0.3) is 0 Å². The molecule has 0 heterocycles. The Morgan fingerprint density at radius 1 is 0.500 bits per heavy atom. The van der Waals surface area contributed by atoms with Gasteiger partial charge in [-0.25, -0.2) is 4.39 Å². The van der Waals surface area contributed by atoms with E-state index in [1.165, 1.54) is 0 Å². The first-order valence-electron chi connectivity index (χ1n) is 8.73. The first kappa shape index (κ1) is 33.0. The zero-order chi connectivity index (χ0) is 27.8. The molecule has 0 saturated heterocycles. The lowest BCUT2D eigenvalue weighted by Crippen LogP contribution is -2.75. The minimum atomic E-state index is -8.52. The molecule has 1 unspecified atom stereocenters. The summed E-state index contributed by atoms with van der Waals surface area (Å²) in [7, 11) is -5.89. The molecule has 0 aromatic heterocycles. The highest BCUT2D eigenvalue weighted by Gasteiger charge is 2.94. The highest BCUT2D eigenvalue weighted by atomic mass is 28.4. The van der Waals surface area contributed by atoms with Gasteiger partial charge in [-0.1, -0.05) is 0 Å². The third-order valence-corrected chi connectivity index (χ3v) is 7.07. The van der Waals surface area contributed by atoms with Crippen molar-refractivity contribution in [3.05, 3.63) is 0 Å². The average molecular weight is 564 g/mol. The molecule has 0 amide bonds. The summed E-state index contributed by atoms with van der Waals surface area (Å²) in [6.07, 6.45) is -7.72. The van der Waals surface area contributed by atoms with Gasteiger partial charge in [0.2, 0.25) is 5.79 Å². The van der Waals surface area contributed by atoms with Crippen molar-refractivity contribution in [3.63, 3.8) is 0 Å². The average Bonchev–Trinajstić information content (AvgIpc) is 2.66. The zero-order valence-corrected chi connectivity index (χ0v) is 18.0. The third kappa shape index (κ3) is 4.70. The van der Waals surface area contributed by atoms with E-state index >= 15 is 0 Å². The second kappa shape index (κ2) is 9.79.